The Bertz CT molecular complexity index is 400. The van der Waals surface area contributed by atoms with E-state index in [1.807, 2.05) is 6.07 Å². The van der Waals surface area contributed by atoms with Crippen LogP contribution >= 0.6 is 23.2 Å². The molecule has 0 aromatic heterocycles. The molecule has 0 saturated carbocycles. The number of ether oxygens (including phenoxy) is 1. The third kappa shape index (κ3) is 5.97. The van der Waals surface area contributed by atoms with E-state index in [9.17, 15) is 0 Å². The molecule has 3 N–H and O–H groups in total. The molecule has 1 aromatic rings. The smallest absolute Gasteiger partial charge is 0.142 e. The molecule has 0 spiro atoms. The minimum Gasteiger partial charge on any atom is -0.495 e. The summed E-state index contributed by atoms with van der Waals surface area (Å²) in [5.41, 5.74) is 0.926. The molecule has 1 aromatic carbocycles. The van der Waals surface area contributed by atoms with E-state index in [1.165, 1.54) is 0 Å². The van der Waals surface area contributed by atoms with Crippen LogP contribution in [0.1, 0.15) is 12.5 Å². The molecule has 0 aliphatic carbocycles. The molecule has 6 heteroatoms. The van der Waals surface area contributed by atoms with E-state index in [-0.39, 0.29) is 6.10 Å². The zero-order chi connectivity index (χ0) is 14.3. The average molecular weight is 307 g/mol. The molecule has 1 atom stereocenters. The first-order chi connectivity index (χ1) is 9.04. The highest BCUT2D eigenvalue weighted by molar-refractivity contribution is 6.35. The lowest BCUT2D eigenvalue weighted by Gasteiger charge is -2.12. The fraction of sp³-hybridized carbons (Fsp3) is 0.538. The molecule has 0 radical (unpaired) electrons. The van der Waals surface area contributed by atoms with E-state index in [4.69, 9.17) is 33.0 Å². The predicted molar refractivity (Wildman–Crippen MR) is 79.3 cm³/mol. The van der Waals surface area contributed by atoms with Crippen LogP contribution in [0.3, 0.4) is 0 Å². The first-order valence-corrected chi connectivity index (χ1v) is 6.91. The van der Waals surface area contributed by atoms with Gasteiger partial charge in [0, 0.05) is 36.8 Å². The van der Waals surface area contributed by atoms with E-state index < -0.39 is 0 Å². The highest BCUT2D eigenvalue weighted by Crippen LogP contribution is 2.31. The summed E-state index contributed by atoms with van der Waals surface area (Å²) in [7, 11) is 1.59. The first-order valence-electron chi connectivity index (χ1n) is 6.16. The lowest BCUT2D eigenvalue weighted by Crippen LogP contribution is -2.31. The van der Waals surface area contributed by atoms with Crippen LogP contribution in [0.25, 0.3) is 0 Å². The molecule has 19 heavy (non-hydrogen) atoms. The van der Waals surface area contributed by atoms with Crippen molar-refractivity contribution in [2.45, 2.75) is 19.6 Å². The Morgan fingerprint density at radius 3 is 2.58 bits per heavy atom. The standard InChI is InChI=1S/C13H20Cl2N2O2/c1-9(18)7-16-3-4-17-8-10-5-11(14)6-12(15)13(10)19-2/h5-6,9,16-18H,3-4,7-8H2,1-2H3/t9-/m0/s1. The second-order valence-electron chi connectivity index (χ2n) is 4.31. The Morgan fingerprint density at radius 1 is 1.26 bits per heavy atom. The van der Waals surface area contributed by atoms with Gasteiger partial charge in [0.05, 0.1) is 18.2 Å². The quantitative estimate of drug-likeness (QED) is 0.644. The molecule has 108 valence electrons. The van der Waals surface area contributed by atoms with Gasteiger partial charge in [-0.25, -0.2) is 0 Å². The number of aliphatic hydroxyl groups excluding tert-OH is 1. The van der Waals surface area contributed by atoms with Gasteiger partial charge in [0.1, 0.15) is 5.75 Å². The minimum absolute atomic E-state index is 0.327. The van der Waals surface area contributed by atoms with E-state index in [2.05, 4.69) is 10.6 Å². The summed E-state index contributed by atoms with van der Waals surface area (Å²) >= 11 is 12.0. The third-order valence-electron chi connectivity index (χ3n) is 2.52. The van der Waals surface area contributed by atoms with E-state index in [0.717, 1.165) is 18.7 Å². The Morgan fingerprint density at radius 2 is 1.95 bits per heavy atom. The summed E-state index contributed by atoms with van der Waals surface area (Å²) < 4.78 is 5.26. The summed E-state index contributed by atoms with van der Waals surface area (Å²) in [5.74, 6) is 0.649. The third-order valence-corrected chi connectivity index (χ3v) is 3.02. The van der Waals surface area contributed by atoms with Crippen molar-refractivity contribution in [3.05, 3.63) is 27.7 Å². The maximum atomic E-state index is 9.09. The van der Waals surface area contributed by atoms with Crippen molar-refractivity contribution in [3.63, 3.8) is 0 Å². The van der Waals surface area contributed by atoms with Crippen LogP contribution < -0.4 is 15.4 Å². The van der Waals surface area contributed by atoms with Crippen LogP contribution in [-0.4, -0.2) is 38.0 Å². The van der Waals surface area contributed by atoms with Crippen molar-refractivity contribution in [1.82, 2.24) is 10.6 Å². The predicted octanol–water partition coefficient (Wildman–Crippen LogP) is 2.06. The first kappa shape index (κ1) is 16.5. The molecule has 0 heterocycles. The molecular weight excluding hydrogens is 287 g/mol. The van der Waals surface area contributed by atoms with Gasteiger partial charge in [-0.05, 0) is 19.1 Å². The highest BCUT2D eigenvalue weighted by atomic mass is 35.5. The lowest BCUT2D eigenvalue weighted by molar-refractivity contribution is 0.191. The van der Waals surface area contributed by atoms with E-state index in [0.29, 0.717) is 28.9 Å². The molecule has 0 aliphatic heterocycles. The summed E-state index contributed by atoms with van der Waals surface area (Å²) in [4.78, 5) is 0. The van der Waals surface area contributed by atoms with Crippen molar-refractivity contribution < 1.29 is 9.84 Å². The molecule has 0 amide bonds. The second kappa shape index (κ2) is 8.61. The number of hydrogen-bond acceptors (Lipinski definition) is 4. The molecule has 1 rings (SSSR count). The number of hydrogen-bond donors (Lipinski definition) is 3. The molecule has 0 saturated heterocycles. The van der Waals surface area contributed by atoms with Crippen molar-refractivity contribution in [3.8, 4) is 5.75 Å². The molecular formula is C13H20Cl2N2O2. The number of aliphatic hydroxyl groups is 1. The fourth-order valence-electron chi connectivity index (χ4n) is 1.68. The van der Waals surface area contributed by atoms with Crippen LogP contribution in [0.15, 0.2) is 12.1 Å². The highest BCUT2D eigenvalue weighted by Gasteiger charge is 2.09. The van der Waals surface area contributed by atoms with Crippen LogP contribution in [-0.2, 0) is 6.54 Å². The van der Waals surface area contributed by atoms with Gasteiger partial charge in [-0.1, -0.05) is 23.2 Å². The van der Waals surface area contributed by atoms with Gasteiger partial charge in [-0.3, -0.25) is 0 Å². The summed E-state index contributed by atoms with van der Waals surface area (Å²) in [6.07, 6.45) is -0.327. The zero-order valence-electron chi connectivity index (χ0n) is 11.2. The molecule has 0 bridgehead atoms. The zero-order valence-corrected chi connectivity index (χ0v) is 12.7. The van der Waals surface area contributed by atoms with Gasteiger partial charge in [-0.2, -0.15) is 0 Å². The number of benzene rings is 1. The van der Waals surface area contributed by atoms with Crippen molar-refractivity contribution in [2.24, 2.45) is 0 Å². The Kier molecular flexibility index (Phi) is 7.49. The van der Waals surface area contributed by atoms with Crippen LogP contribution in [0.2, 0.25) is 10.0 Å². The number of rotatable bonds is 8. The molecule has 4 nitrogen and oxygen atoms in total. The normalized spacial score (nSPS) is 12.5. The molecule has 0 unspecified atom stereocenters. The van der Waals surface area contributed by atoms with Crippen LogP contribution in [0.5, 0.6) is 5.75 Å². The van der Waals surface area contributed by atoms with Crippen molar-refractivity contribution in [2.75, 3.05) is 26.7 Å². The summed E-state index contributed by atoms with van der Waals surface area (Å²) in [6, 6.07) is 3.50. The summed E-state index contributed by atoms with van der Waals surface area (Å²) in [6.45, 7) is 4.52. The van der Waals surface area contributed by atoms with Crippen molar-refractivity contribution >= 4 is 23.2 Å². The fourth-order valence-corrected chi connectivity index (χ4v) is 2.30. The monoisotopic (exact) mass is 306 g/mol. The van der Waals surface area contributed by atoms with Gasteiger partial charge in [-0.15, -0.1) is 0 Å². The number of methoxy groups -OCH3 is 1. The topological polar surface area (TPSA) is 53.5 Å². The van der Waals surface area contributed by atoms with Gasteiger partial charge in [0.15, 0.2) is 0 Å². The lowest BCUT2D eigenvalue weighted by atomic mass is 10.2. The van der Waals surface area contributed by atoms with Gasteiger partial charge in [0.2, 0.25) is 0 Å². The van der Waals surface area contributed by atoms with Gasteiger partial charge >= 0.3 is 0 Å². The molecule has 0 fully saturated rings. The van der Waals surface area contributed by atoms with E-state index in [1.54, 1.807) is 20.1 Å². The average Bonchev–Trinajstić information content (AvgIpc) is 2.32. The van der Waals surface area contributed by atoms with Gasteiger partial charge < -0.3 is 20.5 Å². The summed E-state index contributed by atoms with van der Waals surface area (Å²) in [5, 5.41) is 16.6. The van der Waals surface area contributed by atoms with Crippen LogP contribution in [0, 0.1) is 0 Å². The maximum Gasteiger partial charge on any atom is 0.142 e. The minimum atomic E-state index is -0.327. The SMILES string of the molecule is COc1c(Cl)cc(Cl)cc1CNCCNC[C@H](C)O. The Balaban J connectivity index is 2.40. The number of nitrogens with one attached hydrogen (secondary N) is 2. The maximum absolute atomic E-state index is 9.09. The van der Waals surface area contributed by atoms with Gasteiger partial charge in [0.25, 0.3) is 0 Å². The number of halogens is 2. The Labute approximate surface area is 124 Å². The van der Waals surface area contributed by atoms with Crippen LogP contribution in [0.4, 0.5) is 0 Å². The molecule has 0 aliphatic rings. The second-order valence-corrected chi connectivity index (χ2v) is 5.15. The van der Waals surface area contributed by atoms with Crippen molar-refractivity contribution in [1.29, 1.82) is 0 Å². The largest absolute Gasteiger partial charge is 0.495 e. The van der Waals surface area contributed by atoms with E-state index >= 15 is 0 Å². The Hall–Kier alpha value is -0.520.